The molecule has 0 saturated carbocycles. The van der Waals surface area contributed by atoms with Crippen molar-refractivity contribution in [3.63, 3.8) is 0 Å². The van der Waals surface area contributed by atoms with Gasteiger partial charge in [-0.3, -0.25) is 4.79 Å². The van der Waals surface area contributed by atoms with Crippen LogP contribution < -0.4 is 15.0 Å². The molecule has 1 fully saturated rings. The van der Waals surface area contributed by atoms with Crippen molar-refractivity contribution in [2.24, 2.45) is 0 Å². The van der Waals surface area contributed by atoms with Gasteiger partial charge in [-0.05, 0) is 37.5 Å². The van der Waals surface area contributed by atoms with Gasteiger partial charge in [-0.25, -0.2) is 9.97 Å². The van der Waals surface area contributed by atoms with Crippen LogP contribution in [0.3, 0.4) is 0 Å². The number of carbonyl (C=O) groups is 1. The lowest BCUT2D eigenvalue weighted by atomic mass is 10.1. The smallest absolute Gasteiger partial charge is 0.405 e. The summed E-state index contributed by atoms with van der Waals surface area (Å²) in [6, 6.07) is 7.00. The predicted octanol–water partition coefficient (Wildman–Crippen LogP) is 3.30. The van der Waals surface area contributed by atoms with Crippen molar-refractivity contribution in [3.05, 3.63) is 47.9 Å². The van der Waals surface area contributed by atoms with E-state index in [-0.39, 0.29) is 12.1 Å². The number of carbonyl (C=O) groups excluding carboxylic acids is 1. The van der Waals surface area contributed by atoms with E-state index < -0.39 is 18.0 Å². The Morgan fingerprint density at radius 1 is 1.15 bits per heavy atom. The van der Waals surface area contributed by atoms with Gasteiger partial charge in [-0.2, -0.15) is 0 Å². The zero-order valence-corrected chi connectivity index (χ0v) is 14.5. The van der Waals surface area contributed by atoms with Crippen LogP contribution in [0.4, 0.5) is 19.0 Å². The van der Waals surface area contributed by atoms with Crippen LogP contribution in [0.2, 0.25) is 0 Å². The van der Waals surface area contributed by atoms with Gasteiger partial charge >= 0.3 is 6.36 Å². The number of hydrogen-bond donors (Lipinski definition) is 1. The van der Waals surface area contributed by atoms with Crippen LogP contribution >= 0.6 is 0 Å². The number of nitrogens with one attached hydrogen (secondary N) is 1. The number of piperidine rings is 1. The van der Waals surface area contributed by atoms with Crippen LogP contribution in [0.1, 0.15) is 35.4 Å². The lowest BCUT2D eigenvalue weighted by molar-refractivity contribution is -0.274. The minimum atomic E-state index is -4.87. The number of para-hydroxylation sites is 1. The van der Waals surface area contributed by atoms with E-state index in [4.69, 9.17) is 0 Å². The van der Waals surface area contributed by atoms with E-state index in [1.807, 2.05) is 6.07 Å². The van der Waals surface area contributed by atoms with Gasteiger partial charge in [-0.15, -0.1) is 13.2 Å². The van der Waals surface area contributed by atoms with Gasteiger partial charge in [0.05, 0.1) is 12.1 Å². The molecule has 2 heterocycles. The third-order valence-electron chi connectivity index (χ3n) is 4.14. The summed E-state index contributed by atoms with van der Waals surface area (Å²) in [7, 11) is 0. The Morgan fingerprint density at radius 2 is 1.89 bits per heavy atom. The maximum atomic E-state index is 12.5. The highest BCUT2D eigenvalue weighted by Crippen LogP contribution is 2.26. The first-order chi connectivity index (χ1) is 12.9. The molecular formula is C18H19F3N4O2. The fourth-order valence-corrected chi connectivity index (χ4v) is 2.90. The van der Waals surface area contributed by atoms with Crippen molar-refractivity contribution >= 4 is 11.7 Å². The minimum Gasteiger partial charge on any atom is -0.405 e. The standard InChI is InChI=1S/C18H19F3N4O2/c19-18(20,21)27-14-7-3-2-6-13(14)17(26)23-12-15-22-9-8-16(24-15)25-10-4-1-5-11-25/h2-3,6-9H,1,4-5,10-12H2,(H,23,26). The van der Waals surface area contributed by atoms with Gasteiger partial charge in [0.25, 0.3) is 5.91 Å². The number of alkyl halides is 3. The highest BCUT2D eigenvalue weighted by atomic mass is 19.4. The number of hydrogen-bond acceptors (Lipinski definition) is 5. The van der Waals surface area contributed by atoms with Gasteiger partial charge in [0.1, 0.15) is 17.4 Å². The summed E-state index contributed by atoms with van der Waals surface area (Å²) >= 11 is 0. The molecule has 1 amide bonds. The topological polar surface area (TPSA) is 67.4 Å². The van der Waals surface area contributed by atoms with Crippen molar-refractivity contribution < 1.29 is 22.7 Å². The Morgan fingerprint density at radius 3 is 2.63 bits per heavy atom. The number of nitrogens with zero attached hydrogens (tertiary/aromatic N) is 3. The molecule has 3 rings (SSSR count). The highest BCUT2D eigenvalue weighted by Gasteiger charge is 2.32. The average Bonchev–Trinajstić information content (AvgIpc) is 2.66. The molecule has 1 saturated heterocycles. The van der Waals surface area contributed by atoms with Crippen LogP contribution in [0.25, 0.3) is 0 Å². The van der Waals surface area contributed by atoms with Gasteiger partial charge < -0.3 is 15.0 Å². The molecule has 0 unspecified atom stereocenters. The van der Waals surface area contributed by atoms with E-state index >= 15 is 0 Å². The molecule has 27 heavy (non-hydrogen) atoms. The molecule has 1 N–H and O–H groups in total. The SMILES string of the molecule is O=C(NCc1nccc(N2CCCCC2)n1)c1ccccc1OC(F)(F)F. The lowest BCUT2D eigenvalue weighted by Gasteiger charge is -2.27. The Hall–Kier alpha value is -2.84. The first-order valence-electron chi connectivity index (χ1n) is 8.62. The molecule has 1 aliphatic rings. The van der Waals surface area contributed by atoms with Crippen LogP contribution in [-0.2, 0) is 6.54 Å². The van der Waals surface area contributed by atoms with Crippen LogP contribution in [0.5, 0.6) is 5.75 Å². The molecule has 0 aliphatic carbocycles. The predicted molar refractivity (Wildman–Crippen MR) is 92.4 cm³/mol. The fourth-order valence-electron chi connectivity index (χ4n) is 2.90. The Kier molecular flexibility index (Phi) is 5.78. The van der Waals surface area contributed by atoms with Crippen LogP contribution in [0.15, 0.2) is 36.5 Å². The van der Waals surface area contributed by atoms with E-state index in [1.165, 1.54) is 24.6 Å². The van der Waals surface area contributed by atoms with E-state index in [1.54, 1.807) is 6.20 Å². The first-order valence-corrected chi connectivity index (χ1v) is 8.62. The van der Waals surface area contributed by atoms with E-state index in [2.05, 4.69) is 24.9 Å². The number of aromatic nitrogens is 2. The van der Waals surface area contributed by atoms with Crippen molar-refractivity contribution in [2.45, 2.75) is 32.2 Å². The van der Waals surface area contributed by atoms with E-state index in [9.17, 15) is 18.0 Å². The normalized spacial score (nSPS) is 14.7. The Labute approximate surface area is 154 Å². The zero-order valence-electron chi connectivity index (χ0n) is 14.5. The number of benzene rings is 1. The zero-order chi connectivity index (χ0) is 19.3. The van der Waals surface area contributed by atoms with Gasteiger partial charge in [-0.1, -0.05) is 12.1 Å². The molecule has 0 atom stereocenters. The van der Waals surface area contributed by atoms with Crippen molar-refractivity contribution in [2.75, 3.05) is 18.0 Å². The molecule has 1 aromatic heterocycles. The molecule has 9 heteroatoms. The number of rotatable bonds is 5. The summed E-state index contributed by atoms with van der Waals surface area (Å²) in [6.07, 6.45) is 0.142. The minimum absolute atomic E-state index is 0.000859. The number of amides is 1. The monoisotopic (exact) mass is 380 g/mol. The van der Waals surface area contributed by atoms with Gasteiger partial charge in [0, 0.05) is 19.3 Å². The number of ether oxygens (including phenoxy) is 1. The second kappa shape index (κ2) is 8.24. The second-order valence-corrected chi connectivity index (χ2v) is 6.11. The fraction of sp³-hybridized carbons (Fsp3) is 0.389. The molecule has 1 aliphatic heterocycles. The van der Waals surface area contributed by atoms with Crippen molar-refractivity contribution in [3.8, 4) is 5.75 Å². The average molecular weight is 380 g/mol. The number of anilines is 1. The molecule has 0 bridgehead atoms. The largest absolute Gasteiger partial charge is 0.573 e. The third-order valence-corrected chi connectivity index (χ3v) is 4.14. The Bertz CT molecular complexity index is 792. The summed E-state index contributed by atoms with van der Waals surface area (Å²) in [5.74, 6) is -0.0669. The molecule has 0 spiro atoms. The van der Waals surface area contributed by atoms with Crippen LogP contribution in [-0.4, -0.2) is 35.3 Å². The lowest BCUT2D eigenvalue weighted by Crippen LogP contribution is -2.31. The van der Waals surface area contributed by atoms with Gasteiger partial charge in [0.2, 0.25) is 0 Å². The van der Waals surface area contributed by atoms with Crippen LogP contribution in [0, 0.1) is 0 Å². The molecule has 144 valence electrons. The summed E-state index contributed by atoms with van der Waals surface area (Å²) in [6.45, 7) is 1.84. The maximum absolute atomic E-state index is 12.5. The summed E-state index contributed by atoms with van der Waals surface area (Å²) in [5, 5.41) is 2.54. The third kappa shape index (κ3) is 5.32. The number of halogens is 3. The van der Waals surface area contributed by atoms with Crippen molar-refractivity contribution in [1.29, 1.82) is 0 Å². The second-order valence-electron chi connectivity index (χ2n) is 6.11. The molecule has 0 radical (unpaired) electrons. The molecular weight excluding hydrogens is 361 g/mol. The maximum Gasteiger partial charge on any atom is 0.573 e. The molecule has 2 aromatic rings. The summed E-state index contributed by atoms with van der Waals surface area (Å²) in [5.41, 5.74) is -0.206. The highest BCUT2D eigenvalue weighted by molar-refractivity contribution is 5.96. The summed E-state index contributed by atoms with van der Waals surface area (Å²) < 4.78 is 41.3. The van der Waals surface area contributed by atoms with E-state index in [0.717, 1.165) is 37.8 Å². The van der Waals surface area contributed by atoms with E-state index in [0.29, 0.717) is 5.82 Å². The summed E-state index contributed by atoms with van der Waals surface area (Å²) in [4.78, 5) is 23.0. The molecule has 6 nitrogen and oxygen atoms in total. The molecule has 1 aromatic carbocycles. The quantitative estimate of drug-likeness (QED) is 0.862. The first kappa shape index (κ1) is 18.9. The Balaban J connectivity index is 1.66. The van der Waals surface area contributed by atoms with Gasteiger partial charge in [0.15, 0.2) is 0 Å². The van der Waals surface area contributed by atoms with Crippen molar-refractivity contribution in [1.82, 2.24) is 15.3 Å².